The molecule has 1 aliphatic heterocycles. The first kappa shape index (κ1) is 26.8. The Labute approximate surface area is 197 Å². The van der Waals surface area contributed by atoms with E-state index >= 15 is 0 Å². The Morgan fingerprint density at radius 2 is 1.74 bits per heavy atom. The second-order valence-electron chi connectivity index (χ2n) is 8.71. The number of carbonyl (C=O) groups is 5. The fourth-order valence-electron chi connectivity index (χ4n) is 3.89. The van der Waals surface area contributed by atoms with Crippen LogP contribution >= 0.6 is 0 Å². The number of nitrogens with one attached hydrogen (secondary N) is 2. The number of benzene rings is 1. The highest BCUT2D eigenvalue weighted by Crippen LogP contribution is 2.19. The van der Waals surface area contributed by atoms with Gasteiger partial charge >= 0.3 is 11.9 Å². The summed E-state index contributed by atoms with van der Waals surface area (Å²) in [5.41, 5.74) is 6.45. The molecule has 6 N–H and O–H groups in total. The summed E-state index contributed by atoms with van der Waals surface area (Å²) in [6.45, 7) is 3.56. The van der Waals surface area contributed by atoms with Gasteiger partial charge in [0.25, 0.3) is 0 Å². The SMILES string of the molecule is CC(C)C(NC(=O)C(Cc1ccccc1)NC(=O)C1CCCN1C(=O)C(N)CC(=O)O)C(=O)O. The van der Waals surface area contributed by atoms with Gasteiger partial charge in [-0.05, 0) is 24.3 Å². The predicted molar refractivity (Wildman–Crippen MR) is 121 cm³/mol. The van der Waals surface area contributed by atoms with Crippen molar-refractivity contribution in [2.45, 2.75) is 63.7 Å². The van der Waals surface area contributed by atoms with Crippen LogP contribution in [0.3, 0.4) is 0 Å². The molecule has 1 aromatic rings. The van der Waals surface area contributed by atoms with E-state index < -0.39 is 60.2 Å². The van der Waals surface area contributed by atoms with Crippen molar-refractivity contribution >= 4 is 29.7 Å². The van der Waals surface area contributed by atoms with Gasteiger partial charge in [0.1, 0.15) is 18.1 Å². The molecule has 1 fully saturated rings. The lowest BCUT2D eigenvalue weighted by molar-refractivity contribution is -0.144. The van der Waals surface area contributed by atoms with Gasteiger partial charge in [0, 0.05) is 13.0 Å². The normalized spacial score (nSPS) is 18.1. The van der Waals surface area contributed by atoms with Crippen molar-refractivity contribution in [3.8, 4) is 0 Å². The highest BCUT2D eigenvalue weighted by atomic mass is 16.4. The van der Waals surface area contributed by atoms with Gasteiger partial charge in [-0.15, -0.1) is 0 Å². The van der Waals surface area contributed by atoms with Gasteiger partial charge in [-0.2, -0.15) is 0 Å². The fraction of sp³-hybridized carbons (Fsp3) is 0.522. The van der Waals surface area contributed by atoms with E-state index in [4.69, 9.17) is 10.8 Å². The molecule has 1 saturated heterocycles. The predicted octanol–water partition coefficient (Wildman–Crippen LogP) is -0.268. The molecule has 3 amide bonds. The van der Waals surface area contributed by atoms with Crippen molar-refractivity contribution in [2.75, 3.05) is 6.54 Å². The third-order valence-electron chi connectivity index (χ3n) is 5.70. The lowest BCUT2D eigenvalue weighted by Crippen LogP contribution is -2.57. The number of aliphatic carboxylic acids is 2. The smallest absolute Gasteiger partial charge is 0.326 e. The first-order valence-corrected chi connectivity index (χ1v) is 11.2. The van der Waals surface area contributed by atoms with Crippen molar-refractivity contribution < 1.29 is 34.2 Å². The van der Waals surface area contributed by atoms with E-state index in [9.17, 15) is 29.1 Å². The number of hydrogen-bond acceptors (Lipinski definition) is 6. The Hall–Kier alpha value is -3.47. The molecule has 2 rings (SSSR count). The number of nitrogens with zero attached hydrogens (tertiary/aromatic N) is 1. The second kappa shape index (κ2) is 12.1. The highest BCUT2D eigenvalue weighted by molar-refractivity contribution is 5.95. The van der Waals surface area contributed by atoms with Crippen molar-refractivity contribution in [1.82, 2.24) is 15.5 Å². The number of rotatable bonds is 11. The summed E-state index contributed by atoms with van der Waals surface area (Å²) >= 11 is 0. The van der Waals surface area contributed by atoms with Crippen LogP contribution < -0.4 is 16.4 Å². The molecule has 11 heteroatoms. The molecule has 0 aromatic heterocycles. The number of hydrogen-bond donors (Lipinski definition) is 5. The maximum atomic E-state index is 13.1. The third kappa shape index (κ3) is 7.27. The van der Waals surface area contributed by atoms with Crippen LogP contribution in [0.2, 0.25) is 0 Å². The largest absolute Gasteiger partial charge is 0.481 e. The van der Waals surface area contributed by atoms with Gasteiger partial charge in [-0.25, -0.2) is 4.79 Å². The fourth-order valence-corrected chi connectivity index (χ4v) is 3.89. The van der Waals surface area contributed by atoms with Gasteiger partial charge in [0.05, 0.1) is 12.5 Å². The van der Waals surface area contributed by atoms with Crippen molar-refractivity contribution in [3.63, 3.8) is 0 Å². The van der Waals surface area contributed by atoms with E-state index in [1.54, 1.807) is 44.2 Å². The maximum absolute atomic E-state index is 13.1. The minimum absolute atomic E-state index is 0.113. The lowest BCUT2D eigenvalue weighted by atomic mass is 10.0. The number of carboxylic acids is 2. The minimum Gasteiger partial charge on any atom is -0.481 e. The molecule has 0 radical (unpaired) electrons. The molecule has 186 valence electrons. The van der Waals surface area contributed by atoms with Crippen molar-refractivity contribution in [1.29, 1.82) is 0 Å². The molecular weight excluding hydrogens is 444 g/mol. The molecule has 0 aliphatic carbocycles. The number of amides is 3. The molecule has 11 nitrogen and oxygen atoms in total. The average Bonchev–Trinajstić information content (AvgIpc) is 3.26. The number of nitrogens with two attached hydrogens (primary N) is 1. The Bertz CT molecular complexity index is 906. The standard InChI is InChI=1S/C23H32N4O7/c1-13(2)19(23(33)34)26-20(30)16(11-14-7-4-3-5-8-14)25-21(31)17-9-6-10-27(17)22(32)15(24)12-18(28)29/h3-5,7-8,13,15-17,19H,6,9-12,24H2,1-2H3,(H,25,31)(H,26,30)(H,28,29)(H,33,34). The zero-order valence-electron chi connectivity index (χ0n) is 19.3. The molecule has 1 aliphatic rings. The molecule has 0 bridgehead atoms. The van der Waals surface area contributed by atoms with Gasteiger partial charge in [0.15, 0.2) is 0 Å². The van der Waals surface area contributed by atoms with Gasteiger partial charge < -0.3 is 31.5 Å². The first-order valence-electron chi connectivity index (χ1n) is 11.2. The molecule has 0 spiro atoms. The Morgan fingerprint density at radius 1 is 1.09 bits per heavy atom. The van der Waals surface area contributed by atoms with Crippen molar-refractivity contribution in [3.05, 3.63) is 35.9 Å². The second-order valence-corrected chi connectivity index (χ2v) is 8.71. The lowest BCUT2D eigenvalue weighted by Gasteiger charge is -2.28. The Balaban J connectivity index is 2.19. The first-order chi connectivity index (χ1) is 16.0. The van der Waals surface area contributed by atoms with Crippen LogP contribution in [0.4, 0.5) is 0 Å². The quantitative estimate of drug-likeness (QED) is 0.289. The highest BCUT2D eigenvalue weighted by Gasteiger charge is 2.38. The van der Waals surface area contributed by atoms with Crippen LogP contribution in [-0.4, -0.2) is 75.5 Å². The van der Waals surface area contributed by atoms with Crippen LogP contribution in [0, 0.1) is 5.92 Å². The summed E-state index contributed by atoms with van der Waals surface area (Å²) in [6, 6.07) is 4.51. The maximum Gasteiger partial charge on any atom is 0.326 e. The molecule has 1 heterocycles. The van der Waals surface area contributed by atoms with Crippen molar-refractivity contribution in [2.24, 2.45) is 11.7 Å². The monoisotopic (exact) mass is 476 g/mol. The zero-order valence-corrected chi connectivity index (χ0v) is 19.3. The molecule has 0 saturated carbocycles. The molecule has 4 unspecified atom stereocenters. The Kier molecular flexibility index (Phi) is 9.55. The Morgan fingerprint density at radius 3 is 2.29 bits per heavy atom. The zero-order chi connectivity index (χ0) is 25.4. The molecule has 1 aromatic carbocycles. The summed E-state index contributed by atoms with van der Waals surface area (Å²) in [6.07, 6.45) is 0.408. The molecule has 4 atom stereocenters. The van der Waals surface area contributed by atoms with Crippen LogP contribution in [0.25, 0.3) is 0 Å². The average molecular weight is 477 g/mol. The summed E-state index contributed by atoms with van der Waals surface area (Å²) in [5.74, 6) is -4.67. The van der Waals surface area contributed by atoms with E-state index in [1.165, 1.54) is 4.90 Å². The summed E-state index contributed by atoms with van der Waals surface area (Å²) in [7, 11) is 0. The van der Waals surface area contributed by atoms with Crippen LogP contribution in [0.15, 0.2) is 30.3 Å². The van der Waals surface area contributed by atoms with E-state index in [2.05, 4.69) is 10.6 Å². The summed E-state index contributed by atoms with van der Waals surface area (Å²) in [5, 5.41) is 23.5. The number of likely N-dealkylation sites (tertiary alicyclic amines) is 1. The van der Waals surface area contributed by atoms with Crippen LogP contribution in [0.1, 0.15) is 38.7 Å². The topological polar surface area (TPSA) is 179 Å². The minimum atomic E-state index is -1.28. The third-order valence-corrected chi connectivity index (χ3v) is 5.70. The van der Waals surface area contributed by atoms with E-state index in [0.717, 1.165) is 5.56 Å². The van der Waals surface area contributed by atoms with E-state index in [1.807, 2.05) is 0 Å². The van der Waals surface area contributed by atoms with Gasteiger partial charge in [-0.1, -0.05) is 44.2 Å². The summed E-state index contributed by atoms with van der Waals surface area (Å²) in [4.78, 5) is 62.4. The van der Waals surface area contributed by atoms with E-state index in [0.29, 0.717) is 12.8 Å². The number of carboxylic acid groups (broad SMARTS) is 2. The van der Waals surface area contributed by atoms with Crippen LogP contribution in [0.5, 0.6) is 0 Å². The van der Waals surface area contributed by atoms with Crippen LogP contribution in [-0.2, 0) is 30.4 Å². The van der Waals surface area contributed by atoms with E-state index in [-0.39, 0.29) is 18.9 Å². The number of carbonyl (C=O) groups excluding carboxylic acids is 3. The van der Waals surface area contributed by atoms with Gasteiger partial charge in [-0.3, -0.25) is 19.2 Å². The summed E-state index contributed by atoms with van der Waals surface area (Å²) < 4.78 is 0. The van der Waals surface area contributed by atoms with Gasteiger partial charge in [0.2, 0.25) is 17.7 Å². The molecular formula is C23H32N4O7. The molecule has 34 heavy (non-hydrogen) atoms.